The Labute approximate surface area is 218 Å². The molecule has 210 valence electrons. The molecule has 1 aromatic carbocycles. The molecule has 0 radical (unpaired) electrons. The first-order valence-corrected chi connectivity index (χ1v) is 11.8. The van der Waals surface area contributed by atoms with Gasteiger partial charge < -0.3 is 54.3 Å². The summed E-state index contributed by atoms with van der Waals surface area (Å²) < 4.78 is 26.7. The normalized spacial score (nSPS) is 30.3. The molecule has 0 bridgehead atoms. The van der Waals surface area contributed by atoms with E-state index in [1.165, 1.54) is 12.1 Å². The summed E-state index contributed by atoms with van der Waals surface area (Å²) >= 11 is 0. The van der Waals surface area contributed by atoms with Crippen LogP contribution in [0.15, 0.2) is 41.7 Å². The Hall–Kier alpha value is -3.20. The monoisotopic (exact) mass is 540 g/mol. The lowest BCUT2D eigenvalue weighted by molar-refractivity contribution is -0.327. The van der Waals surface area contributed by atoms with Gasteiger partial charge in [0.15, 0.2) is 17.8 Å². The van der Waals surface area contributed by atoms with Gasteiger partial charge in [0.1, 0.15) is 24.4 Å². The van der Waals surface area contributed by atoms with Crippen molar-refractivity contribution in [3.63, 3.8) is 0 Å². The third-order valence-corrected chi connectivity index (χ3v) is 6.29. The van der Waals surface area contributed by atoms with Crippen molar-refractivity contribution in [2.24, 2.45) is 5.92 Å². The fourth-order valence-electron chi connectivity index (χ4n) is 4.16. The van der Waals surface area contributed by atoms with Gasteiger partial charge in [0.05, 0.1) is 38.6 Å². The molecule has 1 unspecified atom stereocenters. The number of rotatable bonds is 9. The quantitative estimate of drug-likeness (QED) is 0.131. The van der Waals surface area contributed by atoms with Crippen molar-refractivity contribution in [2.75, 3.05) is 20.3 Å². The van der Waals surface area contributed by atoms with E-state index < -0.39 is 61.5 Å². The summed E-state index contributed by atoms with van der Waals surface area (Å²) in [6, 6.07) is 4.23. The van der Waals surface area contributed by atoms with Crippen LogP contribution in [0.25, 0.3) is 0 Å². The Morgan fingerprint density at radius 3 is 2.45 bits per heavy atom. The highest BCUT2D eigenvalue weighted by Gasteiger charge is 2.46. The van der Waals surface area contributed by atoms with E-state index in [0.29, 0.717) is 11.1 Å². The molecule has 2 aliphatic rings. The number of methoxy groups -OCH3 is 1. The van der Waals surface area contributed by atoms with Crippen LogP contribution in [0.2, 0.25) is 0 Å². The number of hydrogen-bond acceptors (Lipinski definition) is 13. The first kappa shape index (κ1) is 29.4. The fourth-order valence-corrected chi connectivity index (χ4v) is 4.16. The zero-order valence-electron chi connectivity index (χ0n) is 20.8. The van der Waals surface area contributed by atoms with Crippen LogP contribution in [0.1, 0.15) is 18.9 Å². The highest BCUT2D eigenvalue weighted by molar-refractivity contribution is 5.90. The van der Waals surface area contributed by atoms with Crippen LogP contribution < -0.4 is 0 Å². The van der Waals surface area contributed by atoms with E-state index in [-0.39, 0.29) is 36.5 Å². The zero-order valence-corrected chi connectivity index (χ0v) is 20.8. The molecule has 38 heavy (non-hydrogen) atoms. The molecule has 2 aliphatic heterocycles. The van der Waals surface area contributed by atoms with Crippen molar-refractivity contribution in [3.8, 4) is 11.5 Å². The molecular formula is C25H32O13. The van der Waals surface area contributed by atoms with Gasteiger partial charge in [0.2, 0.25) is 6.29 Å². The van der Waals surface area contributed by atoms with Crippen LogP contribution in [-0.4, -0.2) is 99.9 Å². The van der Waals surface area contributed by atoms with Crippen LogP contribution in [0.5, 0.6) is 11.5 Å². The number of benzene rings is 1. The van der Waals surface area contributed by atoms with E-state index >= 15 is 0 Å². The average molecular weight is 541 g/mol. The molecule has 0 saturated carbocycles. The minimum Gasteiger partial charge on any atom is -0.504 e. The number of carbonyl (C=O) groups is 2. The number of phenols is 2. The number of aromatic hydroxyl groups is 2. The standard InChI is InChI=1S/C25H32O13/c1-3-13-14(9-19(29)35-7-6-12-4-5-16(27)17(28)8-12)15(23(33)34-2)11-36-24(13)38-25-22(32)21(31)20(30)18(10-26)37-25/h3-5,8,11,14,18,20-22,24-28,30-32H,6-7,9-10H2,1-2H3/b13-3+/t14-,18+,20+,21-,22+,24-,25?/m0/s1. The first-order chi connectivity index (χ1) is 18.1. The van der Waals surface area contributed by atoms with E-state index in [2.05, 4.69) is 0 Å². The maximum Gasteiger partial charge on any atom is 0.337 e. The van der Waals surface area contributed by atoms with Crippen LogP contribution >= 0.6 is 0 Å². The number of esters is 2. The van der Waals surface area contributed by atoms with Crippen LogP contribution in [-0.2, 0) is 39.7 Å². The smallest absolute Gasteiger partial charge is 0.337 e. The summed E-state index contributed by atoms with van der Waals surface area (Å²) in [4.78, 5) is 25.1. The molecule has 0 spiro atoms. The predicted octanol–water partition coefficient (Wildman–Crippen LogP) is -0.634. The number of allylic oxidation sites excluding steroid dienone is 1. The van der Waals surface area contributed by atoms with Gasteiger partial charge in [-0.05, 0) is 24.6 Å². The highest BCUT2D eigenvalue weighted by atomic mass is 16.8. The number of phenolic OH excluding ortho intramolecular Hbond substituents is 2. The Morgan fingerprint density at radius 2 is 1.82 bits per heavy atom. The Balaban J connectivity index is 1.71. The molecule has 2 heterocycles. The van der Waals surface area contributed by atoms with Crippen molar-refractivity contribution in [3.05, 3.63) is 47.2 Å². The summed E-state index contributed by atoms with van der Waals surface area (Å²) in [6.45, 7) is 0.912. The topological polar surface area (TPSA) is 202 Å². The summed E-state index contributed by atoms with van der Waals surface area (Å²) in [7, 11) is 1.16. The Morgan fingerprint density at radius 1 is 1.08 bits per heavy atom. The highest BCUT2D eigenvalue weighted by Crippen LogP contribution is 2.36. The number of ether oxygens (including phenoxy) is 5. The van der Waals surface area contributed by atoms with E-state index in [0.717, 1.165) is 13.4 Å². The van der Waals surface area contributed by atoms with Gasteiger partial charge in [-0.3, -0.25) is 4.79 Å². The second-order valence-corrected chi connectivity index (χ2v) is 8.71. The van der Waals surface area contributed by atoms with Crippen LogP contribution in [0.4, 0.5) is 0 Å². The van der Waals surface area contributed by atoms with Gasteiger partial charge >= 0.3 is 11.9 Å². The predicted molar refractivity (Wildman–Crippen MR) is 126 cm³/mol. The van der Waals surface area contributed by atoms with E-state index in [1.807, 2.05) is 0 Å². The SMILES string of the molecule is C/C=C1/[C@H](OC2O[C@H](CO)[C@@H](O)[C@H](O)[C@H]2O)OC=C(C(=O)OC)[C@H]1CC(=O)OCCc1ccc(O)c(O)c1. The van der Waals surface area contributed by atoms with Crippen molar-refractivity contribution in [1.82, 2.24) is 0 Å². The summed E-state index contributed by atoms with van der Waals surface area (Å²) in [5, 5.41) is 58.8. The molecule has 13 nitrogen and oxygen atoms in total. The molecule has 7 atom stereocenters. The van der Waals surface area contributed by atoms with Crippen molar-refractivity contribution < 1.29 is 63.9 Å². The molecule has 3 rings (SSSR count). The van der Waals surface area contributed by atoms with Crippen LogP contribution in [0.3, 0.4) is 0 Å². The van der Waals surface area contributed by atoms with Gasteiger partial charge in [0.25, 0.3) is 0 Å². The molecular weight excluding hydrogens is 508 g/mol. The van der Waals surface area contributed by atoms with Gasteiger partial charge in [-0.1, -0.05) is 12.1 Å². The Kier molecular flexibility index (Phi) is 10.1. The maximum absolute atomic E-state index is 12.7. The van der Waals surface area contributed by atoms with Gasteiger partial charge in [-0.15, -0.1) is 0 Å². The van der Waals surface area contributed by atoms with Gasteiger partial charge in [-0.25, -0.2) is 4.79 Å². The van der Waals surface area contributed by atoms with Crippen molar-refractivity contribution in [2.45, 2.75) is 56.8 Å². The van der Waals surface area contributed by atoms with Crippen molar-refractivity contribution in [1.29, 1.82) is 0 Å². The van der Waals surface area contributed by atoms with E-state index in [9.17, 15) is 40.2 Å². The summed E-state index contributed by atoms with van der Waals surface area (Å²) in [6.07, 6.45) is -6.39. The number of hydrogen-bond donors (Lipinski definition) is 6. The largest absolute Gasteiger partial charge is 0.504 e. The molecule has 6 N–H and O–H groups in total. The molecule has 1 saturated heterocycles. The van der Waals surface area contributed by atoms with Gasteiger partial charge in [-0.2, -0.15) is 0 Å². The fraction of sp³-hybridized carbons (Fsp3) is 0.520. The number of carbonyl (C=O) groups excluding carboxylic acids is 2. The lowest BCUT2D eigenvalue weighted by atomic mass is 9.86. The summed E-state index contributed by atoms with van der Waals surface area (Å²) in [5.74, 6) is -2.89. The molecule has 1 fully saturated rings. The average Bonchev–Trinajstić information content (AvgIpc) is 2.90. The maximum atomic E-state index is 12.7. The summed E-state index contributed by atoms with van der Waals surface area (Å²) in [5.41, 5.74) is 0.927. The van der Waals surface area contributed by atoms with Gasteiger partial charge in [0, 0.05) is 17.9 Å². The lowest BCUT2D eigenvalue weighted by Crippen LogP contribution is -2.60. The Bertz CT molecular complexity index is 1050. The molecule has 13 heteroatoms. The molecule has 0 aliphatic carbocycles. The number of aliphatic hydroxyl groups excluding tert-OH is 4. The minimum absolute atomic E-state index is 0.00894. The van der Waals surface area contributed by atoms with E-state index in [4.69, 9.17) is 23.7 Å². The third kappa shape index (κ3) is 6.62. The van der Waals surface area contributed by atoms with Crippen molar-refractivity contribution >= 4 is 11.9 Å². The van der Waals surface area contributed by atoms with Crippen LogP contribution in [0, 0.1) is 5.92 Å². The van der Waals surface area contributed by atoms with E-state index in [1.54, 1.807) is 19.1 Å². The lowest BCUT2D eigenvalue weighted by Gasteiger charge is -2.41. The minimum atomic E-state index is -1.69. The zero-order chi connectivity index (χ0) is 28.0. The molecule has 0 amide bonds. The number of aliphatic hydroxyl groups is 4. The second-order valence-electron chi connectivity index (χ2n) is 8.71. The molecule has 1 aromatic rings. The second kappa shape index (κ2) is 13.0. The first-order valence-electron chi connectivity index (χ1n) is 11.8. The third-order valence-electron chi connectivity index (χ3n) is 6.29. The molecule has 0 aromatic heterocycles.